The zero-order valence-corrected chi connectivity index (χ0v) is 9.36. The standard InChI is InChI=1S/C11H16N4O/c1-15-7-4-10(14-15)11(16)13-8-9-2-5-12-6-3-9/h2,4,7,12H,3,5-6,8H2,1H3,(H,13,16). The van der Waals surface area contributed by atoms with Crippen molar-refractivity contribution < 1.29 is 4.79 Å². The van der Waals surface area contributed by atoms with Crippen molar-refractivity contribution in [3.8, 4) is 0 Å². The van der Waals surface area contributed by atoms with E-state index in [2.05, 4.69) is 21.8 Å². The first-order valence-corrected chi connectivity index (χ1v) is 5.42. The molecule has 0 atom stereocenters. The molecule has 1 aromatic rings. The molecule has 2 heterocycles. The molecular formula is C11H16N4O. The van der Waals surface area contributed by atoms with E-state index < -0.39 is 0 Å². The monoisotopic (exact) mass is 220 g/mol. The van der Waals surface area contributed by atoms with E-state index in [9.17, 15) is 4.79 Å². The highest BCUT2D eigenvalue weighted by atomic mass is 16.1. The van der Waals surface area contributed by atoms with Crippen LogP contribution in [0.4, 0.5) is 0 Å². The first-order chi connectivity index (χ1) is 7.75. The molecule has 0 bridgehead atoms. The molecule has 2 N–H and O–H groups in total. The van der Waals surface area contributed by atoms with Crippen LogP contribution in [0.3, 0.4) is 0 Å². The second-order valence-corrected chi connectivity index (χ2v) is 3.87. The van der Waals surface area contributed by atoms with Gasteiger partial charge in [0.05, 0.1) is 0 Å². The number of amides is 1. The lowest BCUT2D eigenvalue weighted by molar-refractivity contribution is 0.0951. The van der Waals surface area contributed by atoms with E-state index in [0.29, 0.717) is 12.2 Å². The molecule has 1 aliphatic rings. The van der Waals surface area contributed by atoms with Crippen molar-refractivity contribution in [3.05, 3.63) is 29.6 Å². The quantitative estimate of drug-likeness (QED) is 0.709. The maximum atomic E-state index is 11.7. The van der Waals surface area contributed by atoms with Crippen molar-refractivity contribution >= 4 is 5.91 Å². The average molecular weight is 220 g/mol. The lowest BCUT2D eigenvalue weighted by atomic mass is 10.1. The van der Waals surface area contributed by atoms with Crippen molar-refractivity contribution in [1.29, 1.82) is 0 Å². The number of nitrogens with zero attached hydrogens (tertiary/aromatic N) is 2. The Morgan fingerprint density at radius 1 is 1.69 bits per heavy atom. The fourth-order valence-corrected chi connectivity index (χ4v) is 1.65. The third kappa shape index (κ3) is 2.70. The van der Waals surface area contributed by atoms with Gasteiger partial charge in [-0.05, 0) is 19.0 Å². The Hall–Kier alpha value is -1.62. The van der Waals surface area contributed by atoms with E-state index >= 15 is 0 Å². The minimum absolute atomic E-state index is 0.111. The number of hydrogen-bond acceptors (Lipinski definition) is 3. The molecule has 0 aliphatic carbocycles. The Morgan fingerprint density at radius 3 is 3.19 bits per heavy atom. The highest BCUT2D eigenvalue weighted by Crippen LogP contribution is 2.03. The molecule has 0 saturated heterocycles. The molecule has 5 heteroatoms. The fraction of sp³-hybridized carbons (Fsp3) is 0.455. The summed E-state index contributed by atoms with van der Waals surface area (Å²) < 4.78 is 1.62. The SMILES string of the molecule is Cn1ccc(C(=O)NCC2=CCNCC2)n1. The van der Waals surface area contributed by atoms with Crippen LogP contribution < -0.4 is 10.6 Å². The summed E-state index contributed by atoms with van der Waals surface area (Å²) in [6.07, 6.45) is 4.89. The van der Waals surface area contributed by atoms with Crippen LogP contribution in [0, 0.1) is 0 Å². The lowest BCUT2D eigenvalue weighted by Crippen LogP contribution is -2.29. The van der Waals surface area contributed by atoms with E-state index in [-0.39, 0.29) is 5.91 Å². The molecule has 0 radical (unpaired) electrons. The molecule has 1 aliphatic heterocycles. The molecule has 0 aromatic carbocycles. The van der Waals surface area contributed by atoms with E-state index in [1.54, 1.807) is 24.0 Å². The fourth-order valence-electron chi connectivity index (χ4n) is 1.65. The van der Waals surface area contributed by atoms with Gasteiger partial charge in [-0.15, -0.1) is 0 Å². The summed E-state index contributed by atoms with van der Waals surface area (Å²) in [5, 5.41) is 10.2. The molecule has 0 fully saturated rings. The molecule has 16 heavy (non-hydrogen) atoms. The zero-order valence-electron chi connectivity index (χ0n) is 9.36. The highest BCUT2D eigenvalue weighted by Gasteiger charge is 2.09. The first kappa shape index (κ1) is 10.9. The van der Waals surface area contributed by atoms with Gasteiger partial charge in [-0.2, -0.15) is 5.10 Å². The van der Waals surface area contributed by atoms with E-state index in [0.717, 1.165) is 19.5 Å². The molecule has 2 rings (SSSR count). The molecule has 5 nitrogen and oxygen atoms in total. The molecule has 1 amide bonds. The van der Waals surface area contributed by atoms with Gasteiger partial charge in [-0.1, -0.05) is 11.6 Å². The Balaban J connectivity index is 1.86. The topological polar surface area (TPSA) is 59.0 Å². The second-order valence-electron chi connectivity index (χ2n) is 3.87. The average Bonchev–Trinajstić information content (AvgIpc) is 2.74. The maximum absolute atomic E-state index is 11.7. The Labute approximate surface area is 94.5 Å². The zero-order chi connectivity index (χ0) is 11.4. The third-order valence-corrected chi connectivity index (χ3v) is 2.58. The second kappa shape index (κ2) is 4.94. The van der Waals surface area contributed by atoms with Gasteiger partial charge in [0.1, 0.15) is 5.69 Å². The summed E-state index contributed by atoms with van der Waals surface area (Å²) >= 11 is 0. The third-order valence-electron chi connectivity index (χ3n) is 2.58. The maximum Gasteiger partial charge on any atom is 0.272 e. The summed E-state index contributed by atoms with van der Waals surface area (Å²) in [4.78, 5) is 11.7. The molecular weight excluding hydrogens is 204 g/mol. The van der Waals surface area contributed by atoms with Crippen LogP contribution in [0.1, 0.15) is 16.9 Å². The summed E-state index contributed by atoms with van der Waals surface area (Å²) in [7, 11) is 1.80. The number of aryl methyl sites for hydroxylation is 1. The smallest absolute Gasteiger partial charge is 0.272 e. The first-order valence-electron chi connectivity index (χ1n) is 5.42. The summed E-state index contributed by atoms with van der Waals surface area (Å²) in [6, 6.07) is 1.71. The van der Waals surface area contributed by atoms with Crippen molar-refractivity contribution in [3.63, 3.8) is 0 Å². The van der Waals surface area contributed by atoms with Crippen LogP contribution in [0.5, 0.6) is 0 Å². The van der Waals surface area contributed by atoms with E-state index in [4.69, 9.17) is 0 Å². The van der Waals surface area contributed by atoms with Crippen LogP contribution in [-0.4, -0.2) is 35.3 Å². The summed E-state index contributed by atoms with van der Waals surface area (Å²) in [5.41, 5.74) is 1.75. The Morgan fingerprint density at radius 2 is 2.56 bits per heavy atom. The highest BCUT2D eigenvalue weighted by molar-refractivity contribution is 5.92. The molecule has 0 spiro atoms. The Kier molecular flexibility index (Phi) is 3.36. The van der Waals surface area contributed by atoms with Crippen LogP contribution in [0.2, 0.25) is 0 Å². The van der Waals surface area contributed by atoms with Gasteiger partial charge in [0.15, 0.2) is 0 Å². The number of aromatic nitrogens is 2. The van der Waals surface area contributed by atoms with Crippen LogP contribution in [-0.2, 0) is 7.05 Å². The number of hydrogen-bond donors (Lipinski definition) is 2. The van der Waals surface area contributed by atoms with Gasteiger partial charge in [0, 0.05) is 26.3 Å². The van der Waals surface area contributed by atoms with Gasteiger partial charge in [0.2, 0.25) is 0 Å². The number of nitrogens with one attached hydrogen (secondary N) is 2. The van der Waals surface area contributed by atoms with Crippen molar-refractivity contribution in [2.24, 2.45) is 7.05 Å². The van der Waals surface area contributed by atoms with Gasteiger partial charge in [-0.3, -0.25) is 9.48 Å². The summed E-state index contributed by atoms with van der Waals surface area (Å²) in [6.45, 7) is 2.51. The number of rotatable bonds is 3. The van der Waals surface area contributed by atoms with Crippen LogP contribution in [0.25, 0.3) is 0 Å². The Bertz CT molecular complexity index is 408. The van der Waals surface area contributed by atoms with Gasteiger partial charge >= 0.3 is 0 Å². The van der Waals surface area contributed by atoms with Gasteiger partial charge in [-0.25, -0.2) is 0 Å². The molecule has 0 saturated carbocycles. The largest absolute Gasteiger partial charge is 0.347 e. The predicted octanol–water partition coefficient (Wildman–Crippen LogP) is 0.0696. The van der Waals surface area contributed by atoms with Crippen molar-refractivity contribution in [2.45, 2.75) is 6.42 Å². The molecule has 1 aromatic heterocycles. The normalized spacial score (nSPS) is 15.7. The minimum Gasteiger partial charge on any atom is -0.347 e. The van der Waals surface area contributed by atoms with Crippen LogP contribution in [0.15, 0.2) is 23.9 Å². The van der Waals surface area contributed by atoms with Crippen molar-refractivity contribution in [2.75, 3.05) is 19.6 Å². The van der Waals surface area contributed by atoms with Crippen LogP contribution >= 0.6 is 0 Å². The molecule has 0 unspecified atom stereocenters. The van der Waals surface area contributed by atoms with E-state index in [1.807, 2.05) is 0 Å². The van der Waals surface area contributed by atoms with Crippen molar-refractivity contribution in [1.82, 2.24) is 20.4 Å². The summed E-state index contributed by atoms with van der Waals surface area (Å²) in [5.74, 6) is -0.111. The van der Waals surface area contributed by atoms with E-state index in [1.165, 1.54) is 5.57 Å². The van der Waals surface area contributed by atoms with Gasteiger partial charge in [0.25, 0.3) is 5.91 Å². The minimum atomic E-state index is -0.111. The lowest BCUT2D eigenvalue weighted by Gasteiger charge is -2.14. The van der Waals surface area contributed by atoms with Gasteiger partial charge < -0.3 is 10.6 Å². The predicted molar refractivity (Wildman–Crippen MR) is 61.1 cm³/mol. The number of carbonyl (C=O) groups is 1. The number of carbonyl (C=O) groups excluding carboxylic acids is 1. The molecule has 86 valence electrons.